The second kappa shape index (κ2) is 5.84. The van der Waals surface area contributed by atoms with Crippen LogP contribution in [0.4, 0.5) is 0 Å². The summed E-state index contributed by atoms with van der Waals surface area (Å²) in [6.07, 6.45) is 8.33. The first-order valence-corrected chi connectivity index (χ1v) is 5.01. The van der Waals surface area contributed by atoms with Gasteiger partial charge in [0.05, 0.1) is 0 Å². The van der Waals surface area contributed by atoms with Crippen molar-refractivity contribution in [1.29, 1.82) is 0 Å². The molecule has 2 rings (SSSR count). The number of halogens is 1. The summed E-state index contributed by atoms with van der Waals surface area (Å²) in [6.45, 7) is 0. The van der Waals surface area contributed by atoms with Crippen LogP contribution in [0.5, 0.6) is 0 Å². The van der Waals surface area contributed by atoms with Gasteiger partial charge < -0.3 is 28.5 Å². The molecule has 84 valence electrons. The van der Waals surface area contributed by atoms with Gasteiger partial charge in [-0.1, -0.05) is 0 Å². The van der Waals surface area contributed by atoms with E-state index in [9.17, 15) is 0 Å². The monoisotopic (exact) mass is 326 g/mol. The summed E-state index contributed by atoms with van der Waals surface area (Å²) in [5.74, 6) is 0. The molecule has 0 aromatic carbocycles. The maximum atomic E-state index is 2.12. The van der Waals surface area contributed by atoms with Crippen molar-refractivity contribution < 1.29 is 28.5 Å². The third-order valence-electron chi connectivity index (χ3n) is 2.50. The number of nitrogens with zero attached hydrogens (tertiary/aromatic N) is 2. The Bertz CT molecular complexity index is 486. The zero-order valence-electron chi connectivity index (χ0n) is 9.47. The first kappa shape index (κ1) is 13.0. The quantitative estimate of drug-likeness (QED) is 0.496. The first-order chi connectivity index (χ1) is 7.27. The van der Waals surface area contributed by atoms with Crippen LogP contribution >= 0.6 is 0 Å². The van der Waals surface area contributed by atoms with Crippen LogP contribution in [0, 0.1) is 0 Å². The molecule has 2 heterocycles. The van der Waals surface area contributed by atoms with Crippen molar-refractivity contribution in [3.8, 4) is 0 Å². The van der Waals surface area contributed by atoms with Crippen LogP contribution in [0.25, 0.3) is 12.2 Å². The van der Waals surface area contributed by atoms with Crippen molar-refractivity contribution in [2.75, 3.05) is 0 Å². The Morgan fingerprint density at radius 2 is 1.94 bits per heavy atom. The molecule has 0 radical (unpaired) electrons. The molecule has 2 nitrogen and oxygen atoms in total. The number of hydrogen-bond acceptors (Lipinski definition) is 0. The molecule has 0 atom stereocenters. The average Bonchev–Trinajstić information content (AvgIpc) is 2.63. The molecule has 0 aliphatic rings. The molecule has 0 bridgehead atoms. The van der Waals surface area contributed by atoms with E-state index in [0.29, 0.717) is 0 Å². The van der Waals surface area contributed by atoms with Gasteiger partial charge in [0.2, 0.25) is 5.69 Å². The molecule has 0 spiro atoms. The fourth-order valence-corrected chi connectivity index (χ4v) is 1.53. The summed E-state index contributed by atoms with van der Waals surface area (Å²) in [5.41, 5.74) is 2.40. The van der Waals surface area contributed by atoms with Gasteiger partial charge in [0, 0.05) is 37.1 Å². The van der Waals surface area contributed by atoms with Crippen molar-refractivity contribution in [3.05, 3.63) is 54.1 Å². The van der Waals surface area contributed by atoms with Gasteiger partial charge >= 0.3 is 0 Å². The van der Waals surface area contributed by atoms with Crippen molar-refractivity contribution >= 4 is 12.2 Å². The molecular weight excluding hydrogens is 311 g/mol. The molecule has 0 saturated carbocycles. The molecule has 2 aromatic heterocycles. The summed E-state index contributed by atoms with van der Waals surface area (Å²) >= 11 is 0. The number of pyridine rings is 1. The van der Waals surface area contributed by atoms with E-state index in [1.807, 2.05) is 44.7 Å². The van der Waals surface area contributed by atoms with Crippen LogP contribution in [0.2, 0.25) is 0 Å². The van der Waals surface area contributed by atoms with Gasteiger partial charge in [-0.05, 0) is 24.3 Å². The maximum Gasteiger partial charge on any atom is 0.204 e. The highest BCUT2D eigenvalue weighted by atomic mass is 127. The van der Waals surface area contributed by atoms with Gasteiger partial charge in [-0.15, -0.1) is 0 Å². The minimum atomic E-state index is 0. The normalized spacial score (nSPS) is 10.4. The number of hydrogen-bond donors (Lipinski definition) is 0. The number of rotatable bonds is 2. The van der Waals surface area contributed by atoms with Gasteiger partial charge in [-0.2, -0.15) is 0 Å². The number of aromatic nitrogens is 2. The zero-order valence-corrected chi connectivity index (χ0v) is 11.6. The molecule has 0 aliphatic carbocycles. The van der Waals surface area contributed by atoms with E-state index in [2.05, 4.69) is 33.4 Å². The third kappa shape index (κ3) is 2.95. The van der Waals surface area contributed by atoms with Crippen molar-refractivity contribution in [2.45, 2.75) is 0 Å². The molecule has 3 heteroatoms. The van der Waals surface area contributed by atoms with E-state index in [1.54, 1.807) is 0 Å². The Hall–Kier alpha value is -1.10. The second-order valence-electron chi connectivity index (χ2n) is 3.61. The zero-order chi connectivity index (χ0) is 10.7. The lowest BCUT2D eigenvalue weighted by Crippen LogP contribution is -3.00. The van der Waals surface area contributed by atoms with Crippen LogP contribution in [0.15, 0.2) is 42.7 Å². The molecule has 0 fully saturated rings. The Kier molecular flexibility index (Phi) is 4.73. The molecule has 0 amide bonds. The van der Waals surface area contributed by atoms with E-state index in [-0.39, 0.29) is 24.0 Å². The summed E-state index contributed by atoms with van der Waals surface area (Å²) in [7, 11) is 4.09. The van der Waals surface area contributed by atoms with Gasteiger partial charge in [-0.25, -0.2) is 4.57 Å². The number of aryl methyl sites for hydroxylation is 2. The summed E-state index contributed by atoms with van der Waals surface area (Å²) in [6, 6.07) is 10.3. The highest BCUT2D eigenvalue weighted by molar-refractivity contribution is 5.65. The minimum absolute atomic E-state index is 0. The highest BCUT2D eigenvalue weighted by Gasteiger charge is 1.99. The highest BCUT2D eigenvalue weighted by Crippen LogP contribution is 2.05. The van der Waals surface area contributed by atoms with Gasteiger partial charge in [0.25, 0.3) is 0 Å². The molecular formula is C13H15IN2. The van der Waals surface area contributed by atoms with Gasteiger partial charge in [-0.3, -0.25) is 0 Å². The molecule has 0 aliphatic heterocycles. The standard InChI is InChI=1S/C13H15N2.HI/c1-14-10-4-3-6-12(14)8-9-13-7-5-11-15(13)2;/h3-11H,1-2H3;1H/q+1;/p-1. The summed E-state index contributed by atoms with van der Waals surface area (Å²) in [4.78, 5) is 0. The van der Waals surface area contributed by atoms with E-state index < -0.39 is 0 Å². The molecule has 0 unspecified atom stereocenters. The van der Waals surface area contributed by atoms with Gasteiger partial charge in [0.15, 0.2) is 6.20 Å². The summed E-state index contributed by atoms with van der Waals surface area (Å²) in [5, 5.41) is 0. The third-order valence-corrected chi connectivity index (χ3v) is 2.50. The van der Waals surface area contributed by atoms with E-state index >= 15 is 0 Å². The predicted molar refractivity (Wildman–Crippen MR) is 62.0 cm³/mol. The molecule has 0 N–H and O–H groups in total. The fourth-order valence-electron chi connectivity index (χ4n) is 1.53. The van der Waals surface area contributed by atoms with Crippen LogP contribution in [0.3, 0.4) is 0 Å². The lowest BCUT2D eigenvalue weighted by Gasteiger charge is -1.95. The van der Waals surface area contributed by atoms with Crippen LogP contribution in [0.1, 0.15) is 11.4 Å². The summed E-state index contributed by atoms with van der Waals surface area (Å²) < 4.78 is 4.19. The van der Waals surface area contributed by atoms with Gasteiger partial charge in [0.1, 0.15) is 7.05 Å². The minimum Gasteiger partial charge on any atom is -1.00 e. The predicted octanol–water partition coefficient (Wildman–Crippen LogP) is -0.976. The second-order valence-corrected chi connectivity index (χ2v) is 3.61. The Morgan fingerprint density at radius 1 is 1.12 bits per heavy atom. The van der Waals surface area contributed by atoms with Crippen molar-refractivity contribution in [3.63, 3.8) is 0 Å². The Balaban J connectivity index is 0.00000128. The topological polar surface area (TPSA) is 8.81 Å². The fraction of sp³-hybridized carbons (Fsp3) is 0.154. The van der Waals surface area contributed by atoms with E-state index in [0.717, 1.165) is 0 Å². The molecule has 2 aromatic rings. The Labute approximate surface area is 113 Å². The smallest absolute Gasteiger partial charge is 0.204 e. The lowest BCUT2D eigenvalue weighted by atomic mass is 10.3. The van der Waals surface area contributed by atoms with Crippen LogP contribution in [-0.4, -0.2) is 4.57 Å². The maximum absolute atomic E-state index is 2.12. The average molecular weight is 326 g/mol. The van der Waals surface area contributed by atoms with Crippen molar-refractivity contribution in [2.24, 2.45) is 14.1 Å². The molecule has 0 saturated heterocycles. The molecule has 16 heavy (non-hydrogen) atoms. The lowest BCUT2D eigenvalue weighted by molar-refractivity contribution is -0.673. The van der Waals surface area contributed by atoms with E-state index in [1.165, 1.54) is 11.4 Å². The van der Waals surface area contributed by atoms with Crippen LogP contribution in [-0.2, 0) is 14.1 Å². The Morgan fingerprint density at radius 3 is 2.56 bits per heavy atom. The largest absolute Gasteiger partial charge is 1.00 e. The first-order valence-electron chi connectivity index (χ1n) is 5.01. The van der Waals surface area contributed by atoms with E-state index in [4.69, 9.17) is 0 Å². The SMILES string of the molecule is Cn1cccc1/C=C/c1cccc[n+]1C.[I-]. The van der Waals surface area contributed by atoms with Crippen LogP contribution < -0.4 is 28.5 Å². The van der Waals surface area contributed by atoms with Crippen molar-refractivity contribution in [1.82, 2.24) is 4.57 Å².